The predicted octanol–water partition coefficient (Wildman–Crippen LogP) is 3.07. The minimum absolute atomic E-state index is 0.290. The first-order chi connectivity index (χ1) is 10.2. The lowest BCUT2D eigenvalue weighted by Crippen LogP contribution is -2.34. The van der Waals surface area contributed by atoms with E-state index in [1.807, 2.05) is 24.3 Å². The van der Waals surface area contributed by atoms with Crippen molar-refractivity contribution in [3.8, 4) is 0 Å². The summed E-state index contributed by atoms with van der Waals surface area (Å²) in [6, 6.07) is 19.0. The van der Waals surface area contributed by atoms with Gasteiger partial charge in [0.05, 0.1) is 6.42 Å². The number of benzene rings is 2. The molecule has 3 N–H and O–H groups in total. The van der Waals surface area contributed by atoms with Crippen molar-refractivity contribution in [2.45, 2.75) is 31.2 Å². The number of carbonyl (C=O) groups is 1. The molecule has 21 heavy (non-hydrogen) atoms. The highest BCUT2D eigenvalue weighted by molar-refractivity contribution is 5.78. The lowest BCUT2D eigenvalue weighted by molar-refractivity contribution is -0.117. The monoisotopic (exact) mass is 280 g/mol. The van der Waals surface area contributed by atoms with E-state index >= 15 is 0 Å². The van der Waals surface area contributed by atoms with Crippen LogP contribution in [0.25, 0.3) is 0 Å². The van der Waals surface area contributed by atoms with Gasteiger partial charge in [-0.15, -0.1) is 0 Å². The maximum absolute atomic E-state index is 11.1. The Hall–Kier alpha value is -2.29. The number of para-hydroxylation sites is 1. The molecule has 3 nitrogen and oxygen atoms in total. The van der Waals surface area contributed by atoms with E-state index in [-0.39, 0.29) is 12.3 Å². The van der Waals surface area contributed by atoms with E-state index in [0.717, 1.165) is 24.1 Å². The van der Waals surface area contributed by atoms with Crippen LogP contribution in [0.15, 0.2) is 54.6 Å². The lowest BCUT2D eigenvalue weighted by Gasteiger charge is -2.37. The Morgan fingerprint density at radius 1 is 1.05 bits per heavy atom. The lowest BCUT2D eigenvalue weighted by atomic mass is 9.76. The molecule has 0 saturated heterocycles. The number of hydrogen-bond acceptors (Lipinski definition) is 2. The van der Waals surface area contributed by atoms with Crippen LogP contribution in [-0.2, 0) is 11.2 Å². The fourth-order valence-corrected chi connectivity index (χ4v) is 2.96. The number of carbonyl (C=O) groups excluding carboxylic acids is 1. The standard InChI is InChI=1S/C18H20N2O/c19-18(21)12-14-8-4-5-9-17(14)20-16-10-15(11-16)13-6-2-1-3-7-13/h1-9,15-16,20H,10-12H2,(H2,19,21). The van der Waals surface area contributed by atoms with Gasteiger partial charge >= 0.3 is 0 Å². The molecule has 2 aromatic carbocycles. The van der Waals surface area contributed by atoms with Gasteiger partial charge in [-0.25, -0.2) is 0 Å². The first kappa shape index (κ1) is 13.7. The first-order valence-corrected chi connectivity index (χ1v) is 7.40. The summed E-state index contributed by atoms with van der Waals surface area (Å²) in [5.41, 5.74) is 8.73. The molecule has 0 bridgehead atoms. The van der Waals surface area contributed by atoms with Crippen molar-refractivity contribution < 1.29 is 4.79 Å². The summed E-state index contributed by atoms with van der Waals surface area (Å²) in [5, 5.41) is 3.54. The Labute approximate surface area is 125 Å². The fourth-order valence-electron chi connectivity index (χ4n) is 2.96. The van der Waals surface area contributed by atoms with Gasteiger partial charge in [-0.1, -0.05) is 48.5 Å². The minimum atomic E-state index is -0.292. The second kappa shape index (κ2) is 6.00. The van der Waals surface area contributed by atoms with Crippen molar-refractivity contribution in [3.05, 3.63) is 65.7 Å². The van der Waals surface area contributed by atoms with Gasteiger partial charge in [-0.05, 0) is 36.0 Å². The fraction of sp³-hybridized carbons (Fsp3) is 0.278. The number of nitrogens with one attached hydrogen (secondary N) is 1. The smallest absolute Gasteiger partial charge is 0.221 e. The van der Waals surface area contributed by atoms with E-state index in [9.17, 15) is 4.79 Å². The zero-order chi connectivity index (χ0) is 14.7. The summed E-state index contributed by atoms with van der Waals surface area (Å²) < 4.78 is 0. The van der Waals surface area contributed by atoms with Crippen molar-refractivity contribution in [2.75, 3.05) is 5.32 Å². The Morgan fingerprint density at radius 3 is 2.43 bits per heavy atom. The van der Waals surface area contributed by atoms with E-state index in [0.29, 0.717) is 12.0 Å². The van der Waals surface area contributed by atoms with Crippen molar-refractivity contribution in [2.24, 2.45) is 5.73 Å². The number of primary amides is 1. The molecule has 0 aromatic heterocycles. The zero-order valence-electron chi connectivity index (χ0n) is 12.0. The van der Waals surface area contributed by atoms with E-state index in [4.69, 9.17) is 5.73 Å². The van der Waals surface area contributed by atoms with Crippen molar-refractivity contribution in [3.63, 3.8) is 0 Å². The molecule has 3 rings (SSSR count). The van der Waals surface area contributed by atoms with Crippen LogP contribution in [0.3, 0.4) is 0 Å². The Morgan fingerprint density at radius 2 is 1.71 bits per heavy atom. The van der Waals surface area contributed by atoms with E-state index in [2.05, 4.69) is 35.6 Å². The summed E-state index contributed by atoms with van der Waals surface area (Å²) in [7, 11) is 0. The number of anilines is 1. The first-order valence-electron chi connectivity index (χ1n) is 7.40. The number of nitrogens with two attached hydrogens (primary N) is 1. The van der Waals surface area contributed by atoms with Gasteiger partial charge in [0.15, 0.2) is 0 Å². The summed E-state index contributed by atoms with van der Waals surface area (Å²) >= 11 is 0. The predicted molar refractivity (Wildman–Crippen MR) is 85.2 cm³/mol. The molecule has 0 aliphatic heterocycles. The second-order valence-electron chi connectivity index (χ2n) is 5.72. The Bertz CT molecular complexity index is 618. The normalized spacial score (nSPS) is 20.6. The van der Waals surface area contributed by atoms with Crippen LogP contribution in [0.1, 0.15) is 29.9 Å². The van der Waals surface area contributed by atoms with Gasteiger partial charge in [0, 0.05) is 11.7 Å². The highest BCUT2D eigenvalue weighted by atomic mass is 16.1. The highest BCUT2D eigenvalue weighted by Gasteiger charge is 2.30. The Kier molecular flexibility index (Phi) is 3.91. The highest BCUT2D eigenvalue weighted by Crippen LogP contribution is 2.38. The molecule has 0 spiro atoms. The third-order valence-corrected chi connectivity index (χ3v) is 4.15. The van der Waals surface area contributed by atoms with Crippen molar-refractivity contribution in [1.29, 1.82) is 0 Å². The third kappa shape index (κ3) is 3.24. The molecule has 0 radical (unpaired) electrons. The van der Waals surface area contributed by atoms with Crippen LogP contribution in [0.2, 0.25) is 0 Å². The molecule has 1 aliphatic carbocycles. The van der Waals surface area contributed by atoms with Gasteiger partial charge in [0.1, 0.15) is 0 Å². The second-order valence-corrected chi connectivity index (χ2v) is 5.72. The SMILES string of the molecule is NC(=O)Cc1ccccc1NC1CC(c2ccccc2)C1. The molecule has 2 aromatic rings. The molecule has 1 amide bonds. The average molecular weight is 280 g/mol. The van der Waals surface area contributed by atoms with Crippen molar-refractivity contribution in [1.82, 2.24) is 0 Å². The molecule has 1 fully saturated rings. The van der Waals surface area contributed by atoms with Crippen LogP contribution in [0, 0.1) is 0 Å². The van der Waals surface area contributed by atoms with Gasteiger partial charge in [-0.3, -0.25) is 4.79 Å². The molecule has 1 saturated carbocycles. The summed E-state index contributed by atoms with van der Waals surface area (Å²) in [4.78, 5) is 11.1. The largest absolute Gasteiger partial charge is 0.382 e. The van der Waals surface area contributed by atoms with Crippen LogP contribution in [0.5, 0.6) is 0 Å². The summed E-state index contributed by atoms with van der Waals surface area (Å²) in [5.74, 6) is 0.354. The zero-order valence-corrected chi connectivity index (χ0v) is 12.0. The molecule has 108 valence electrons. The number of amides is 1. The van der Waals surface area contributed by atoms with Crippen molar-refractivity contribution >= 4 is 11.6 Å². The van der Waals surface area contributed by atoms with Gasteiger partial charge < -0.3 is 11.1 Å². The third-order valence-electron chi connectivity index (χ3n) is 4.15. The van der Waals surface area contributed by atoms with E-state index in [1.165, 1.54) is 5.56 Å². The van der Waals surface area contributed by atoms with Crippen LogP contribution in [0.4, 0.5) is 5.69 Å². The van der Waals surface area contributed by atoms with Crippen LogP contribution in [-0.4, -0.2) is 11.9 Å². The minimum Gasteiger partial charge on any atom is -0.382 e. The molecule has 0 heterocycles. The summed E-state index contributed by atoms with van der Waals surface area (Å²) in [6.45, 7) is 0. The number of rotatable bonds is 5. The maximum Gasteiger partial charge on any atom is 0.221 e. The van der Waals surface area contributed by atoms with E-state index < -0.39 is 0 Å². The van der Waals surface area contributed by atoms with Crippen LogP contribution >= 0.6 is 0 Å². The molecule has 3 heteroatoms. The average Bonchev–Trinajstić information content (AvgIpc) is 2.44. The topological polar surface area (TPSA) is 55.1 Å². The van der Waals surface area contributed by atoms with E-state index in [1.54, 1.807) is 0 Å². The molecule has 0 atom stereocenters. The Balaban J connectivity index is 1.61. The molecule has 0 unspecified atom stereocenters. The van der Waals surface area contributed by atoms with Gasteiger partial charge in [0.2, 0.25) is 5.91 Å². The quantitative estimate of drug-likeness (QED) is 0.884. The van der Waals surface area contributed by atoms with Gasteiger partial charge in [-0.2, -0.15) is 0 Å². The molecular weight excluding hydrogens is 260 g/mol. The molecule has 1 aliphatic rings. The number of hydrogen-bond donors (Lipinski definition) is 2. The summed E-state index contributed by atoms with van der Waals surface area (Å²) in [6.07, 6.45) is 2.56. The van der Waals surface area contributed by atoms with Crippen LogP contribution < -0.4 is 11.1 Å². The van der Waals surface area contributed by atoms with Gasteiger partial charge in [0.25, 0.3) is 0 Å². The maximum atomic E-state index is 11.1. The molecular formula is C18H20N2O.